The molecular weight excluding hydrogens is 250 g/mol. The molecule has 114 valence electrons. The molecule has 0 spiro atoms. The Bertz CT molecular complexity index is 328. The highest BCUT2D eigenvalue weighted by atomic mass is 16.2. The van der Waals surface area contributed by atoms with Crippen molar-refractivity contribution < 1.29 is 4.79 Å². The van der Waals surface area contributed by atoms with E-state index in [2.05, 4.69) is 15.1 Å². The van der Waals surface area contributed by atoms with Crippen molar-refractivity contribution in [3.8, 4) is 0 Å². The second kappa shape index (κ2) is 6.90. The van der Waals surface area contributed by atoms with Crippen LogP contribution >= 0.6 is 0 Å². The van der Waals surface area contributed by atoms with E-state index < -0.39 is 0 Å². The first-order valence-corrected chi connectivity index (χ1v) is 8.58. The maximum Gasteiger partial charge on any atom is 0.223 e. The lowest BCUT2D eigenvalue weighted by Crippen LogP contribution is -2.46. The van der Waals surface area contributed by atoms with Gasteiger partial charge in [0.25, 0.3) is 0 Å². The minimum absolute atomic E-state index is 0.357. The van der Waals surface area contributed by atoms with Gasteiger partial charge in [-0.05, 0) is 58.0 Å². The Hall–Kier alpha value is -0.610. The van der Waals surface area contributed by atoms with E-state index in [9.17, 15) is 4.79 Å². The summed E-state index contributed by atoms with van der Waals surface area (Å²) in [4.78, 5) is 16.8. The molecule has 1 amide bonds. The van der Waals surface area contributed by atoms with Crippen LogP contribution in [0.3, 0.4) is 0 Å². The molecule has 0 radical (unpaired) electrons. The zero-order valence-electron chi connectivity index (χ0n) is 12.6. The highest BCUT2D eigenvalue weighted by molar-refractivity contribution is 5.76. The van der Waals surface area contributed by atoms with Crippen LogP contribution in [0, 0.1) is 0 Å². The summed E-state index contributed by atoms with van der Waals surface area (Å²) >= 11 is 0. The van der Waals surface area contributed by atoms with Crippen molar-refractivity contribution in [3.05, 3.63) is 0 Å². The van der Waals surface area contributed by atoms with Crippen LogP contribution < -0.4 is 5.32 Å². The van der Waals surface area contributed by atoms with Crippen molar-refractivity contribution in [3.63, 3.8) is 0 Å². The van der Waals surface area contributed by atoms with E-state index in [1.54, 1.807) is 0 Å². The van der Waals surface area contributed by atoms with Gasteiger partial charge in [-0.15, -0.1) is 0 Å². The third kappa shape index (κ3) is 3.53. The van der Waals surface area contributed by atoms with Gasteiger partial charge >= 0.3 is 0 Å². The fourth-order valence-electron chi connectivity index (χ4n) is 4.09. The summed E-state index contributed by atoms with van der Waals surface area (Å²) < 4.78 is 0. The number of nitrogens with one attached hydrogen (secondary N) is 1. The molecule has 2 atom stereocenters. The van der Waals surface area contributed by atoms with Crippen molar-refractivity contribution in [2.24, 2.45) is 0 Å². The summed E-state index contributed by atoms with van der Waals surface area (Å²) in [5.41, 5.74) is 0. The Labute approximate surface area is 122 Å². The zero-order chi connectivity index (χ0) is 13.8. The lowest BCUT2D eigenvalue weighted by molar-refractivity contribution is -0.132. The minimum Gasteiger partial charge on any atom is -0.343 e. The Kier molecular flexibility index (Phi) is 4.94. The summed E-state index contributed by atoms with van der Waals surface area (Å²) in [6.45, 7) is 5.40. The molecule has 2 unspecified atom stereocenters. The Balaban J connectivity index is 1.34. The summed E-state index contributed by atoms with van der Waals surface area (Å²) in [7, 11) is 0. The number of nitrogens with zero attached hydrogens (tertiary/aromatic N) is 2. The molecule has 20 heavy (non-hydrogen) atoms. The summed E-state index contributed by atoms with van der Waals surface area (Å²) in [5, 5.41) is 3.63. The molecule has 3 heterocycles. The number of likely N-dealkylation sites (tertiary alicyclic amines) is 1. The molecule has 1 N–H and O–H groups in total. The van der Waals surface area contributed by atoms with Gasteiger partial charge in [0.2, 0.25) is 5.91 Å². The van der Waals surface area contributed by atoms with Gasteiger partial charge < -0.3 is 15.1 Å². The molecular formula is C16H29N3O. The highest BCUT2D eigenvalue weighted by Crippen LogP contribution is 2.26. The molecule has 0 aromatic carbocycles. The van der Waals surface area contributed by atoms with E-state index in [-0.39, 0.29) is 0 Å². The number of carbonyl (C=O) groups is 1. The number of hydrogen-bond donors (Lipinski definition) is 1. The maximum atomic E-state index is 12.1. The van der Waals surface area contributed by atoms with E-state index in [1.165, 1.54) is 58.0 Å². The summed E-state index contributed by atoms with van der Waals surface area (Å²) in [6.07, 6.45) is 9.67. The van der Waals surface area contributed by atoms with Crippen LogP contribution in [-0.2, 0) is 4.79 Å². The lowest BCUT2D eigenvalue weighted by Gasteiger charge is -2.35. The van der Waals surface area contributed by atoms with Crippen LogP contribution in [0.5, 0.6) is 0 Å². The van der Waals surface area contributed by atoms with Crippen molar-refractivity contribution in [2.45, 2.75) is 63.5 Å². The van der Waals surface area contributed by atoms with E-state index in [1.807, 2.05) is 0 Å². The van der Waals surface area contributed by atoms with Crippen LogP contribution in [0.15, 0.2) is 0 Å². The Morgan fingerprint density at radius 2 is 1.85 bits per heavy atom. The number of carbonyl (C=O) groups excluding carboxylic acids is 1. The molecule has 0 aromatic heterocycles. The van der Waals surface area contributed by atoms with Gasteiger partial charge in [-0.25, -0.2) is 0 Å². The van der Waals surface area contributed by atoms with Gasteiger partial charge in [0.05, 0.1) is 0 Å². The average Bonchev–Trinajstić information content (AvgIpc) is 2.95. The zero-order valence-corrected chi connectivity index (χ0v) is 12.6. The van der Waals surface area contributed by atoms with Crippen molar-refractivity contribution in [2.75, 3.05) is 32.7 Å². The second-order valence-corrected chi connectivity index (χ2v) is 6.70. The van der Waals surface area contributed by atoms with Crippen molar-refractivity contribution in [1.29, 1.82) is 0 Å². The number of fused-ring (bicyclic) bond motifs is 1. The largest absolute Gasteiger partial charge is 0.343 e. The average molecular weight is 279 g/mol. The highest BCUT2D eigenvalue weighted by Gasteiger charge is 2.31. The van der Waals surface area contributed by atoms with Crippen LogP contribution in [0.4, 0.5) is 0 Å². The van der Waals surface area contributed by atoms with Gasteiger partial charge in [-0.1, -0.05) is 0 Å². The van der Waals surface area contributed by atoms with E-state index in [0.29, 0.717) is 18.4 Å². The molecule has 4 nitrogen and oxygen atoms in total. The Morgan fingerprint density at radius 3 is 2.70 bits per heavy atom. The third-order valence-electron chi connectivity index (χ3n) is 5.30. The molecule has 4 heteroatoms. The van der Waals surface area contributed by atoms with E-state index >= 15 is 0 Å². The van der Waals surface area contributed by atoms with Crippen molar-refractivity contribution in [1.82, 2.24) is 15.1 Å². The van der Waals surface area contributed by atoms with Crippen LogP contribution in [-0.4, -0.2) is 60.5 Å². The first kappa shape index (κ1) is 14.3. The molecule has 0 bridgehead atoms. The topological polar surface area (TPSA) is 35.6 Å². The summed E-state index contributed by atoms with van der Waals surface area (Å²) in [6, 6.07) is 1.46. The molecule has 3 fully saturated rings. The fraction of sp³-hybridized carbons (Fsp3) is 0.938. The summed E-state index contributed by atoms with van der Waals surface area (Å²) in [5.74, 6) is 0.357. The third-order valence-corrected chi connectivity index (χ3v) is 5.30. The van der Waals surface area contributed by atoms with Gasteiger partial charge in [-0.2, -0.15) is 0 Å². The second-order valence-electron chi connectivity index (χ2n) is 6.70. The van der Waals surface area contributed by atoms with Gasteiger partial charge in [0.15, 0.2) is 0 Å². The minimum atomic E-state index is 0.357. The molecule has 0 aromatic rings. The molecule has 3 rings (SSSR count). The Morgan fingerprint density at radius 1 is 1.00 bits per heavy atom. The van der Waals surface area contributed by atoms with E-state index in [0.717, 1.165) is 25.7 Å². The lowest BCUT2D eigenvalue weighted by atomic mass is 9.97. The maximum absolute atomic E-state index is 12.1. The molecule has 3 aliphatic rings. The van der Waals surface area contributed by atoms with Gasteiger partial charge in [0, 0.05) is 38.1 Å². The molecule has 3 aliphatic heterocycles. The standard InChI is InChI=1S/C16H29N3O/c20-16(19-9-2-1-3-10-19)6-8-17-14-7-12-18-11-4-5-15(18)13-14/h14-15,17H,1-13H2. The van der Waals surface area contributed by atoms with Crippen LogP contribution in [0.1, 0.15) is 51.4 Å². The molecule has 0 aliphatic carbocycles. The first-order valence-electron chi connectivity index (χ1n) is 8.58. The van der Waals surface area contributed by atoms with Crippen molar-refractivity contribution >= 4 is 5.91 Å². The normalized spacial score (nSPS) is 31.3. The predicted molar refractivity (Wildman–Crippen MR) is 80.7 cm³/mol. The molecule has 3 saturated heterocycles. The first-order chi connectivity index (χ1) is 9.83. The fourth-order valence-corrected chi connectivity index (χ4v) is 4.09. The number of rotatable bonds is 4. The van der Waals surface area contributed by atoms with Gasteiger partial charge in [0.1, 0.15) is 0 Å². The van der Waals surface area contributed by atoms with E-state index in [4.69, 9.17) is 0 Å². The van der Waals surface area contributed by atoms with Crippen LogP contribution in [0.25, 0.3) is 0 Å². The quantitative estimate of drug-likeness (QED) is 0.849. The predicted octanol–water partition coefficient (Wildman–Crippen LogP) is 1.61. The smallest absolute Gasteiger partial charge is 0.223 e. The number of hydrogen-bond acceptors (Lipinski definition) is 3. The SMILES string of the molecule is O=C(CCNC1CCN2CCCC2C1)N1CCCCC1. The number of piperidine rings is 2. The van der Waals surface area contributed by atoms with Crippen LogP contribution in [0.2, 0.25) is 0 Å². The monoisotopic (exact) mass is 279 g/mol. The van der Waals surface area contributed by atoms with Gasteiger partial charge in [-0.3, -0.25) is 4.79 Å². The number of amides is 1. The molecule has 0 saturated carbocycles.